The van der Waals surface area contributed by atoms with E-state index in [1.54, 1.807) is 42.6 Å². The van der Waals surface area contributed by atoms with Crippen molar-refractivity contribution in [2.24, 2.45) is 17.2 Å². The highest BCUT2D eigenvalue weighted by atomic mass is 32.2. The second kappa shape index (κ2) is 30.6. The van der Waals surface area contributed by atoms with Crippen LogP contribution in [0.25, 0.3) is 10.9 Å². The van der Waals surface area contributed by atoms with Crippen LogP contribution < -0.4 is 70.4 Å². The van der Waals surface area contributed by atoms with E-state index in [1.165, 1.54) is 6.92 Å². The van der Waals surface area contributed by atoms with Gasteiger partial charge in [-0.3, -0.25) is 54.5 Å². The molecule has 2 aromatic carbocycles. The number of nitrogens with two attached hydrogens (primary N) is 3. The summed E-state index contributed by atoms with van der Waals surface area (Å²) < 4.78 is 25.2. The number of aromatic amines is 1. The van der Waals surface area contributed by atoms with Gasteiger partial charge in [0.25, 0.3) is 0 Å². The molecule has 20 N–H and O–H groups in total. The van der Waals surface area contributed by atoms with Crippen LogP contribution >= 0.6 is 0 Å². The quantitative estimate of drug-likeness (QED) is 0.0312. The number of aliphatic hydroxyl groups excluding tert-OH is 1. The smallest absolute Gasteiger partial charge is 0.243 e. The van der Waals surface area contributed by atoms with Gasteiger partial charge in [0.05, 0.1) is 17.8 Å². The number of hydrogen-bond acceptors (Lipinski definition) is 14. The summed E-state index contributed by atoms with van der Waals surface area (Å²) in [6.07, 6.45) is -0.410. The number of guanidine groups is 2. The van der Waals surface area contributed by atoms with E-state index in [4.69, 9.17) is 28.0 Å². The van der Waals surface area contributed by atoms with Gasteiger partial charge in [-0.2, -0.15) is 0 Å². The minimum Gasteiger partial charge on any atom is -0.376 e. The number of aliphatic hydroxyl groups is 1. The second-order valence-corrected chi connectivity index (χ2v) is 21.1. The number of rotatable bonds is 19. The van der Waals surface area contributed by atoms with Crippen molar-refractivity contribution >= 4 is 79.9 Å². The Morgan fingerprint density at radius 3 is 2.08 bits per heavy atom. The molecule has 0 bridgehead atoms. The van der Waals surface area contributed by atoms with Crippen molar-refractivity contribution in [2.45, 2.75) is 126 Å². The molecule has 1 unspecified atom stereocenters. The number of carbonyl (C=O) groups is 8. The van der Waals surface area contributed by atoms with Gasteiger partial charge in [-0.1, -0.05) is 48.5 Å². The Morgan fingerprint density at radius 2 is 1.42 bits per heavy atom. The van der Waals surface area contributed by atoms with Crippen molar-refractivity contribution in [2.75, 3.05) is 31.6 Å². The summed E-state index contributed by atoms with van der Waals surface area (Å²) in [6.45, 7) is 1.37. The van der Waals surface area contributed by atoms with E-state index in [0.717, 1.165) is 17.2 Å². The summed E-state index contributed by atoms with van der Waals surface area (Å²) in [7, 11) is -3.77. The third-order valence-corrected chi connectivity index (χ3v) is 13.4. The lowest BCUT2D eigenvalue weighted by Gasteiger charge is -2.31. The molecule has 8 amide bonds. The predicted molar refractivity (Wildman–Crippen MR) is 286 cm³/mol. The van der Waals surface area contributed by atoms with Crippen molar-refractivity contribution in [1.82, 2.24) is 58.2 Å². The zero-order valence-electron chi connectivity index (χ0n) is 43.2. The van der Waals surface area contributed by atoms with Crippen LogP contribution in [0.1, 0.15) is 75.8 Å². The lowest BCUT2D eigenvalue weighted by molar-refractivity contribution is -0.134. The number of aromatic nitrogens is 1. The molecule has 422 valence electrons. The first-order valence-corrected chi connectivity index (χ1v) is 27.3. The Hall–Kier alpha value is -7.85. The van der Waals surface area contributed by atoms with Crippen molar-refractivity contribution in [3.8, 4) is 0 Å². The van der Waals surface area contributed by atoms with Crippen molar-refractivity contribution in [1.29, 1.82) is 10.8 Å². The Bertz CT molecular complexity index is 2650. The highest BCUT2D eigenvalue weighted by Crippen LogP contribution is 2.20. The van der Waals surface area contributed by atoms with Crippen LogP contribution in [0, 0.1) is 10.8 Å². The van der Waals surface area contributed by atoms with Gasteiger partial charge < -0.3 is 75.1 Å². The minimum atomic E-state index is -3.77. The molecule has 3 aromatic rings. The Kier molecular flexibility index (Phi) is 24.5. The molecule has 1 aromatic heterocycles. The number of primary amides is 1. The number of hydrogen-bond donors (Lipinski definition) is 17. The fourth-order valence-electron chi connectivity index (χ4n) is 8.45. The molecule has 1 saturated heterocycles. The molecule has 1 aliphatic heterocycles. The fourth-order valence-corrected chi connectivity index (χ4v) is 9.13. The number of amides is 8. The molecule has 27 nitrogen and oxygen atoms in total. The van der Waals surface area contributed by atoms with Crippen LogP contribution in [0.3, 0.4) is 0 Å². The first-order chi connectivity index (χ1) is 36.5. The van der Waals surface area contributed by atoms with Crippen LogP contribution in [0.15, 0.2) is 60.8 Å². The molecule has 8 atom stereocenters. The maximum atomic E-state index is 14.7. The number of nitrogens with one attached hydrogen (secondary N) is 13. The Morgan fingerprint density at radius 1 is 0.779 bits per heavy atom. The van der Waals surface area contributed by atoms with Crippen LogP contribution in [0.4, 0.5) is 0 Å². The van der Waals surface area contributed by atoms with Crippen LogP contribution in [-0.2, 0) is 61.0 Å². The van der Waals surface area contributed by atoms with Gasteiger partial charge in [-0.15, -0.1) is 0 Å². The predicted octanol–water partition coefficient (Wildman–Crippen LogP) is -3.70. The van der Waals surface area contributed by atoms with E-state index in [1.807, 2.05) is 18.2 Å². The normalized spacial score (nSPS) is 22.1. The largest absolute Gasteiger partial charge is 0.376 e. The van der Waals surface area contributed by atoms with Gasteiger partial charge in [-0.25, -0.2) is 8.42 Å². The van der Waals surface area contributed by atoms with E-state index in [2.05, 4.69) is 58.2 Å². The summed E-state index contributed by atoms with van der Waals surface area (Å²) in [4.78, 5) is 113. The average Bonchev–Trinajstić information content (AvgIpc) is 3.78. The van der Waals surface area contributed by atoms with Gasteiger partial charge in [0, 0.05) is 62.8 Å². The molecule has 77 heavy (non-hydrogen) atoms. The number of benzene rings is 2. The average molecular weight is 1100 g/mol. The summed E-state index contributed by atoms with van der Waals surface area (Å²) >= 11 is 0. The molecule has 2 heterocycles. The van der Waals surface area contributed by atoms with Crippen LogP contribution in [0.5, 0.6) is 0 Å². The first kappa shape index (κ1) is 61.7. The third-order valence-electron chi connectivity index (χ3n) is 12.5. The topological polar surface area (TPSA) is 453 Å². The van der Waals surface area contributed by atoms with E-state index >= 15 is 0 Å². The lowest BCUT2D eigenvalue weighted by atomic mass is 10.0. The van der Waals surface area contributed by atoms with Crippen molar-refractivity contribution < 1.29 is 51.9 Å². The molecular formula is C49H74N16O11S. The Labute approximate surface area is 446 Å². The summed E-state index contributed by atoms with van der Waals surface area (Å²) in [5.41, 5.74) is 18.6. The van der Waals surface area contributed by atoms with Gasteiger partial charge in [-0.05, 0) is 75.0 Å². The van der Waals surface area contributed by atoms with Gasteiger partial charge >= 0.3 is 0 Å². The summed E-state index contributed by atoms with van der Waals surface area (Å²) in [5, 5.41) is 54.3. The van der Waals surface area contributed by atoms with E-state index in [0.29, 0.717) is 11.1 Å². The van der Waals surface area contributed by atoms with E-state index < -0.39 is 124 Å². The van der Waals surface area contributed by atoms with Crippen LogP contribution in [0.2, 0.25) is 0 Å². The molecule has 1 fully saturated rings. The lowest BCUT2D eigenvalue weighted by Crippen LogP contribution is -2.62. The maximum Gasteiger partial charge on any atom is 0.243 e. The van der Waals surface area contributed by atoms with Crippen molar-refractivity contribution in [3.05, 3.63) is 71.9 Å². The molecule has 0 radical (unpaired) electrons. The molecule has 4 rings (SSSR count). The summed E-state index contributed by atoms with van der Waals surface area (Å²) in [6, 6.07) is 6.00. The Balaban J connectivity index is 1.79. The minimum absolute atomic E-state index is 0.0142. The highest BCUT2D eigenvalue weighted by molar-refractivity contribution is 7.90. The molecule has 28 heteroatoms. The number of carbonyl (C=O) groups excluding carboxylic acids is 8. The first-order valence-electron chi connectivity index (χ1n) is 25.2. The zero-order valence-corrected chi connectivity index (χ0v) is 44.0. The zero-order chi connectivity index (χ0) is 56.7. The molecule has 1 aliphatic rings. The molecule has 0 spiro atoms. The summed E-state index contributed by atoms with van der Waals surface area (Å²) in [5.74, 6) is -7.68. The molecule has 0 saturated carbocycles. The molecular weight excluding hydrogens is 1020 g/mol. The standard InChI is InChI=1S/C49H74N16O11S/c1-28(66)59-34(16-9-22-56-48(51)52)42(69)62-36-18-19-40(67)55-21-8-15-33(41(50)68)60-47(74)39(26-30-27-58-32-14-7-6-13-31(30)32)65-43(70)35(17-10-23-57-49(53)54)61-46(73)38(25-29-11-4-3-5-12-29)64-45(72)37(63-44(36)71)20-24-77(2,75)76/h3-7,11-14,27,33-39,45,58,64,72H,8-10,15-26H2,1-2H3,(H2,50,68)(H,55,67)(H,59,66)(H,60,74)(H,61,73)(H,62,69)(H,63,71)(H,65,70)(H4,51,52,56)(H4,53,54,57)/t33-,34-,35-,36-,37-,38+,39-,45?/m0/s1. The van der Waals surface area contributed by atoms with Gasteiger partial charge in [0.2, 0.25) is 47.3 Å². The van der Waals surface area contributed by atoms with Gasteiger partial charge in [0.15, 0.2) is 11.9 Å². The third kappa shape index (κ3) is 22.1. The number of para-hydroxylation sites is 1. The number of fused-ring (bicyclic) bond motifs is 1. The van der Waals surface area contributed by atoms with E-state index in [-0.39, 0.29) is 89.3 Å². The van der Waals surface area contributed by atoms with Crippen LogP contribution in [-0.4, -0.2) is 158 Å². The molecule has 0 aliphatic carbocycles. The maximum absolute atomic E-state index is 14.7. The van der Waals surface area contributed by atoms with E-state index in [9.17, 15) is 51.9 Å². The fraction of sp³-hybridized carbons (Fsp3) is 0.510. The highest BCUT2D eigenvalue weighted by Gasteiger charge is 2.35. The second-order valence-electron chi connectivity index (χ2n) is 18.8. The number of H-pyrrole nitrogens is 1. The SMILES string of the molecule is CC(=O)N[C@@H](CCCNC(=N)N)C(=O)N[C@H]1CCC(=O)NCCC[C@@H](C(N)=O)NC(=O)[C@H](Cc2c[nH]c3ccccc23)NC(=O)[C@H](CCCNC(=N)N)NC(=O)[C@@H](Cc2ccccc2)NC(O)[C@H](CCS(C)(=O)=O)NC1=O. The number of sulfone groups is 1. The monoisotopic (exact) mass is 1090 g/mol. The van der Waals surface area contributed by atoms with Gasteiger partial charge in [0.1, 0.15) is 46.3 Å². The van der Waals surface area contributed by atoms with Crippen molar-refractivity contribution in [3.63, 3.8) is 0 Å².